The lowest BCUT2D eigenvalue weighted by Crippen LogP contribution is -2.30. The van der Waals surface area contributed by atoms with Crippen molar-refractivity contribution in [1.82, 2.24) is 10.6 Å². The van der Waals surface area contributed by atoms with Gasteiger partial charge in [-0.2, -0.15) is 0 Å². The van der Waals surface area contributed by atoms with Crippen molar-refractivity contribution >= 4 is 17.8 Å². The Morgan fingerprint density at radius 1 is 0.969 bits per heavy atom. The molecule has 0 heterocycles. The standard InChI is InChI=1S/C26H32N2O4/c1-3-18-7-9-19(10-8-18)15-20-11-13-21(14-12-20)26(31)28-23-16-22(23)5-4-6-24(29)27-17-25(30)32-2/h7-14,22-23H,3-6,15-17H2,1-2H3,(H,27,29)(H,28,31)/t22-,23+/m1/s1. The number of nitrogens with one attached hydrogen (secondary N) is 2. The SMILES string of the molecule is CCc1ccc(Cc2ccc(C(=O)N[C@H]3C[C@H]3CCCC(=O)NCC(=O)OC)cc2)cc1. The number of methoxy groups -OCH3 is 1. The molecular weight excluding hydrogens is 404 g/mol. The van der Waals surface area contributed by atoms with Gasteiger partial charge in [-0.1, -0.05) is 43.3 Å². The molecule has 3 rings (SSSR count). The molecule has 170 valence electrons. The number of carbonyl (C=O) groups is 3. The van der Waals surface area contributed by atoms with Crippen LogP contribution in [0.15, 0.2) is 48.5 Å². The number of esters is 1. The van der Waals surface area contributed by atoms with Crippen molar-refractivity contribution in [3.8, 4) is 0 Å². The molecule has 0 bridgehead atoms. The van der Waals surface area contributed by atoms with Crippen LogP contribution in [0.25, 0.3) is 0 Å². The van der Waals surface area contributed by atoms with Crippen molar-refractivity contribution in [3.05, 3.63) is 70.8 Å². The Hall–Kier alpha value is -3.15. The predicted octanol–water partition coefficient (Wildman–Crippen LogP) is 3.42. The summed E-state index contributed by atoms with van der Waals surface area (Å²) in [6, 6.07) is 16.6. The smallest absolute Gasteiger partial charge is 0.325 e. The monoisotopic (exact) mass is 436 g/mol. The molecule has 2 atom stereocenters. The molecule has 0 aliphatic heterocycles. The molecule has 0 spiro atoms. The first-order valence-corrected chi connectivity index (χ1v) is 11.3. The Bertz CT molecular complexity index is 922. The van der Waals surface area contributed by atoms with Gasteiger partial charge < -0.3 is 15.4 Å². The van der Waals surface area contributed by atoms with Gasteiger partial charge >= 0.3 is 5.97 Å². The third-order valence-electron chi connectivity index (χ3n) is 5.93. The Morgan fingerprint density at radius 2 is 1.59 bits per heavy atom. The van der Waals surface area contributed by atoms with E-state index in [4.69, 9.17) is 0 Å². The van der Waals surface area contributed by atoms with Gasteiger partial charge in [-0.25, -0.2) is 0 Å². The summed E-state index contributed by atoms with van der Waals surface area (Å²) in [5, 5.41) is 5.62. The zero-order valence-electron chi connectivity index (χ0n) is 18.9. The quantitative estimate of drug-likeness (QED) is 0.529. The average molecular weight is 437 g/mol. The second-order valence-electron chi connectivity index (χ2n) is 8.36. The molecule has 0 saturated heterocycles. The Balaban J connectivity index is 1.36. The molecule has 1 fully saturated rings. The summed E-state index contributed by atoms with van der Waals surface area (Å²) in [4.78, 5) is 35.2. The number of ether oxygens (including phenoxy) is 1. The Morgan fingerprint density at radius 3 is 2.22 bits per heavy atom. The normalized spacial score (nSPS) is 16.8. The fraction of sp³-hybridized carbons (Fsp3) is 0.423. The molecule has 6 heteroatoms. The number of amides is 2. The van der Waals surface area contributed by atoms with Crippen LogP contribution in [0.5, 0.6) is 0 Å². The maximum atomic E-state index is 12.5. The summed E-state index contributed by atoms with van der Waals surface area (Å²) >= 11 is 0. The van der Waals surface area contributed by atoms with E-state index in [0.29, 0.717) is 17.9 Å². The summed E-state index contributed by atoms with van der Waals surface area (Å²) in [6.07, 6.45) is 4.82. The van der Waals surface area contributed by atoms with Crippen LogP contribution in [0.4, 0.5) is 0 Å². The van der Waals surface area contributed by atoms with Crippen LogP contribution in [-0.4, -0.2) is 37.5 Å². The van der Waals surface area contributed by atoms with E-state index in [2.05, 4.69) is 46.6 Å². The minimum absolute atomic E-state index is 0.0489. The van der Waals surface area contributed by atoms with Crippen LogP contribution < -0.4 is 10.6 Å². The van der Waals surface area contributed by atoms with E-state index in [1.807, 2.05) is 24.3 Å². The lowest BCUT2D eigenvalue weighted by molar-refractivity contribution is -0.141. The highest BCUT2D eigenvalue weighted by Gasteiger charge is 2.37. The van der Waals surface area contributed by atoms with Crippen LogP contribution in [-0.2, 0) is 27.2 Å². The number of benzene rings is 2. The van der Waals surface area contributed by atoms with Gasteiger partial charge in [-0.3, -0.25) is 14.4 Å². The van der Waals surface area contributed by atoms with Gasteiger partial charge in [0.15, 0.2) is 0 Å². The highest BCUT2D eigenvalue weighted by atomic mass is 16.5. The second-order valence-corrected chi connectivity index (χ2v) is 8.36. The molecule has 0 radical (unpaired) electrons. The zero-order chi connectivity index (χ0) is 22.9. The molecule has 2 amide bonds. The van der Waals surface area contributed by atoms with E-state index in [-0.39, 0.29) is 24.4 Å². The largest absolute Gasteiger partial charge is 0.468 e. The first kappa shape index (κ1) is 23.5. The molecule has 6 nitrogen and oxygen atoms in total. The summed E-state index contributed by atoms with van der Waals surface area (Å²) < 4.78 is 4.49. The van der Waals surface area contributed by atoms with E-state index in [0.717, 1.165) is 32.1 Å². The number of rotatable bonds is 11. The predicted molar refractivity (Wildman–Crippen MR) is 123 cm³/mol. The van der Waals surface area contributed by atoms with E-state index in [9.17, 15) is 14.4 Å². The van der Waals surface area contributed by atoms with Crippen molar-refractivity contribution < 1.29 is 19.1 Å². The fourth-order valence-corrected chi connectivity index (χ4v) is 3.75. The van der Waals surface area contributed by atoms with Crippen LogP contribution in [0.1, 0.15) is 59.7 Å². The summed E-state index contributed by atoms with van der Waals surface area (Å²) in [6.45, 7) is 2.05. The number of hydrogen-bond donors (Lipinski definition) is 2. The van der Waals surface area contributed by atoms with Gasteiger partial charge in [0.1, 0.15) is 6.54 Å². The molecule has 1 aliphatic rings. The number of hydrogen-bond acceptors (Lipinski definition) is 4. The van der Waals surface area contributed by atoms with Crippen LogP contribution in [0.2, 0.25) is 0 Å². The number of aryl methyl sites for hydroxylation is 1. The van der Waals surface area contributed by atoms with Gasteiger partial charge in [0.2, 0.25) is 5.91 Å². The first-order chi connectivity index (χ1) is 15.5. The molecule has 1 aliphatic carbocycles. The van der Waals surface area contributed by atoms with Crippen molar-refractivity contribution in [2.75, 3.05) is 13.7 Å². The maximum absolute atomic E-state index is 12.5. The van der Waals surface area contributed by atoms with E-state index < -0.39 is 5.97 Å². The van der Waals surface area contributed by atoms with Gasteiger partial charge in [0.25, 0.3) is 5.91 Å². The summed E-state index contributed by atoms with van der Waals surface area (Å²) in [7, 11) is 1.29. The fourth-order valence-electron chi connectivity index (χ4n) is 3.75. The van der Waals surface area contributed by atoms with Crippen molar-refractivity contribution in [2.45, 2.75) is 51.5 Å². The van der Waals surface area contributed by atoms with Crippen LogP contribution >= 0.6 is 0 Å². The van der Waals surface area contributed by atoms with Crippen molar-refractivity contribution in [1.29, 1.82) is 0 Å². The molecule has 0 aromatic heterocycles. The Kier molecular flexibility index (Phi) is 8.42. The third kappa shape index (κ3) is 7.22. The molecular formula is C26H32N2O4. The van der Waals surface area contributed by atoms with E-state index >= 15 is 0 Å². The Labute approximate surface area is 189 Å². The first-order valence-electron chi connectivity index (χ1n) is 11.3. The molecule has 2 aromatic carbocycles. The van der Waals surface area contributed by atoms with Gasteiger partial charge in [-0.05, 0) is 66.8 Å². The zero-order valence-corrected chi connectivity index (χ0v) is 18.9. The molecule has 32 heavy (non-hydrogen) atoms. The molecule has 0 unspecified atom stereocenters. The topological polar surface area (TPSA) is 84.5 Å². The maximum Gasteiger partial charge on any atom is 0.325 e. The van der Waals surface area contributed by atoms with Crippen molar-refractivity contribution in [3.63, 3.8) is 0 Å². The van der Waals surface area contributed by atoms with Gasteiger partial charge in [0.05, 0.1) is 7.11 Å². The van der Waals surface area contributed by atoms with Crippen LogP contribution in [0.3, 0.4) is 0 Å². The molecule has 2 N–H and O–H groups in total. The highest BCUT2D eigenvalue weighted by molar-refractivity contribution is 5.94. The summed E-state index contributed by atoms with van der Waals surface area (Å²) in [5.74, 6) is -0.245. The minimum atomic E-state index is -0.456. The average Bonchev–Trinajstić information content (AvgIpc) is 3.55. The highest BCUT2D eigenvalue weighted by Crippen LogP contribution is 2.35. The van der Waals surface area contributed by atoms with Gasteiger partial charge in [0, 0.05) is 18.0 Å². The lowest BCUT2D eigenvalue weighted by atomic mass is 10.0. The van der Waals surface area contributed by atoms with E-state index in [1.165, 1.54) is 23.8 Å². The van der Waals surface area contributed by atoms with Gasteiger partial charge in [-0.15, -0.1) is 0 Å². The number of carbonyl (C=O) groups excluding carboxylic acids is 3. The van der Waals surface area contributed by atoms with Crippen LogP contribution in [0, 0.1) is 5.92 Å². The molecule has 2 aromatic rings. The van der Waals surface area contributed by atoms with Crippen molar-refractivity contribution in [2.24, 2.45) is 5.92 Å². The summed E-state index contributed by atoms with van der Waals surface area (Å²) in [5.41, 5.74) is 4.45. The van der Waals surface area contributed by atoms with E-state index in [1.54, 1.807) is 0 Å². The third-order valence-corrected chi connectivity index (χ3v) is 5.93. The minimum Gasteiger partial charge on any atom is -0.468 e. The second kappa shape index (κ2) is 11.5. The molecule has 1 saturated carbocycles. The lowest BCUT2D eigenvalue weighted by Gasteiger charge is -2.07.